The van der Waals surface area contributed by atoms with Gasteiger partial charge in [-0.1, -0.05) is 18.2 Å². The van der Waals surface area contributed by atoms with Gasteiger partial charge < -0.3 is 10.1 Å². The maximum atomic E-state index is 12.1. The average Bonchev–Trinajstić information content (AvgIpc) is 2.42. The van der Waals surface area contributed by atoms with Crippen molar-refractivity contribution in [1.82, 2.24) is 0 Å². The summed E-state index contributed by atoms with van der Waals surface area (Å²) >= 11 is 3.40. The molecule has 0 bridgehead atoms. The highest BCUT2D eigenvalue weighted by atomic mass is 79.9. The van der Waals surface area contributed by atoms with Crippen LogP contribution in [0.1, 0.15) is 17.3 Å². The van der Waals surface area contributed by atoms with Crippen LogP contribution in [0, 0.1) is 0 Å². The predicted molar refractivity (Wildman–Crippen MR) is 79.7 cm³/mol. The Balaban J connectivity index is 2.14. The summed E-state index contributed by atoms with van der Waals surface area (Å²) in [4.78, 5) is 12.1. The van der Waals surface area contributed by atoms with Crippen molar-refractivity contribution in [1.29, 1.82) is 0 Å². The Morgan fingerprint density at radius 3 is 2.58 bits per heavy atom. The third kappa shape index (κ3) is 3.58. The SMILES string of the molecule is CCOc1ccc(C(=O)Nc2ccccc2)cc1Br. The molecular formula is C15H14BrNO2. The van der Waals surface area contributed by atoms with Gasteiger partial charge in [0.25, 0.3) is 5.91 Å². The van der Waals surface area contributed by atoms with E-state index in [0.29, 0.717) is 12.2 Å². The van der Waals surface area contributed by atoms with E-state index in [-0.39, 0.29) is 5.91 Å². The smallest absolute Gasteiger partial charge is 0.255 e. The topological polar surface area (TPSA) is 38.3 Å². The van der Waals surface area contributed by atoms with Gasteiger partial charge in [0, 0.05) is 11.3 Å². The zero-order valence-corrected chi connectivity index (χ0v) is 12.1. The van der Waals surface area contributed by atoms with Crippen LogP contribution in [0.25, 0.3) is 0 Å². The van der Waals surface area contributed by atoms with E-state index in [1.807, 2.05) is 37.3 Å². The van der Waals surface area contributed by atoms with E-state index >= 15 is 0 Å². The first kappa shape index (κ1) is 13.6. The van der Waals surface area contributed by atoms with Crippen molar-refractivity contribution >= 4 is 27.5 Å². The molecule has 0 spiro atoms. The van der Waals surface area contributed by atoms with Gasteiger partial charge in [0.05, 0.1) is 11.1 Å². The molecule has 1 N–H and O–H groups in total. The fourth-order valence-electron chi connectivity index (χ4n) is 1.64. The van der Waals surface area contributed by atoms with Crippen molar-refractivity contribution in [3.8, 4) is 5.75 Å². The molecule has 19 heavy (non-hydrogen) atoms. The lowest BCUT2D eigenvalue weighted by molar-refractivity contribution is 0.102. The average molecular weight is 320 g/mol. The van der Waals surface area contributed by atoms with Crippen LogP contribution in [-0.2, 0) is 0 Å². The number of halogens is 1. The third-order valence-corrected chi connectivity index (χ3v) is 3.15. The molecule has 0 aliphatic rings. The summed E-state index contributed by atoms with van der Waals surface area (Å²) in [5.74, 6) is 0.591. The zero-order valence-electron chi connectivity index (χ0n) is 10.5. The summed E-state index contributed by atoms with van der Waals surface area (Å²) < 4.78 is 6.18. The zero-order chi connectivity index (χ0) is 13.7. The van der Waals surface area contributed by atoms with Crippen LogP contribution < -0.4 is 10.1 Å². The van der Waals surface area contributed by atoms with E-state index in [1.165, 1.54) is 0 Å². The Kier molecular flexibility index (Phi) is 4.58. The van der Waals surface area contributed by atoms with Crippen LogP contribution in [0.4, 0.5) is 5.69 Å². The van der Waals surface area contributed by atoms with Crippen LogP contribution >= 0.6 is 15.9 Å². The molecule has 1 amide bonds. The summed E-state index contributed by atoms with van der Waals surface area (Å²) in [5, 5.41) is 2.84. The number of rotatable bonds is 4. The molecular weight excluding hydrogens is 306 g/mol. The van der Waals surface area contributed by atoms with Crippen LogP contribution in [-0.4, -0.2) is 12.5 Å². The first-order valence-corrected chi connectivity index (χ1v) is 6.78. The summed E-state index contributed by atoms with van der Waals surface area (Å²) in [6, 6.07) is 14.6. The first-order chi connectivity index (χ1) is 9.20. The Hall–Kier alpha value is -1.81. The molecule has 2 rings (SSSR count). The second kappa shape index (κ2) is 6.38. The van der Waals surface area contributed by atoms with Gasteiger partial charge in [-0.15, -0.1) is 0 Å². The fourth-order valence-corrected chi connectivity index (χ4v) is 2.13. The summed E-state index contributed by atoms with van der Waals surface area (Å²) in [7, 11) is 0. The lowest BCUT2D eigenvalue weighted by atomic mass is 10.2. The van der Waals surface area contributed by atoms with Crippen molar-refractivity contribution < 1.29 is 9.53 Å². The van der Waals surface area contributed by atoms with Crippen LogP contribution in [0.5, 0.6) is 5.75 Å². The molecule has 0 unspecified atom stereocenters. The standard InChI is InChI=1S/C15H14BrNO2/c1-2-19-14-9-8-11(10-13(14)16)15(18)17-12-6-4-3-5-7-12/h3-10H,2H2,1H3,(H,17,18). The number of nitrogens with one attached hydrogen (secondary N) is 1. The summed E-state index contributed by atoms with van der Waals surface area (Å²) in [6.45, 7) is 2.51. The van der Waals surface area contributed by atoms with E-state index in [9.17, 15) is 4.79 Å². The molecule has 2 aromatic rings. The molecule has 0 saturated carbocycles. The minimum atomic E-state index is -0.144. The minimum Gasteiger partial charge on any atom is -0.493 e. The molecule has 0 heterocycles. The number of ether oxygens (including phenoxy) is 1. The molecule has 98 valence electrons. The van der Waals surface area contributed by atoms with Gasteiger partial charge in [0.2, 0.25) is 0 Å². The number of amides is 1. The van der Waals surface area contributed by atoms with E-state index in [2.05, 4.69) is 21.2 Å². The van der Waals surface area contributed by atoms with Gasteiger partial charge in [-0.2, -0.15) is 0 Å². The van der Waals surface area contributed by atoms with Crippen molar-refractivity contribution in [2.75, 3.05) is 11.9 Å². The number of anilines is 1. The Labute approximate surface area is 120 Å². The normalized spacial score (nSPS) is 10.0. The number of benzene rings is 2. The van der Waals surface area contributed by atoms with Gasteiger partial charge in [0.15, 0.2) is 0 Å². The molecule has 0 radical (unpaired) electrons. The number of carbonyl (C=O) groups is 1. The first-order valence-electron chi connectivity index (χ1n) is 5.99. The fraction of sp³-hybridized carbons (Fsp3) is 0.133. The predicted octanol–water partition coefficient (Wildman–Crippen LogP) is 4.10. The van der Waals surface area contributed by atoms with E-state index in [0.717, 1.165) is 15.9 Å². The van der Waals surface area contributed by atoms with Crippen molar-refractivity contribution in [3.63, 3.8) is 0 Å². The van der Waals surface area contributed by atoms with Gasteiger partial charge in [-0.25, -0.2) is 0 Å². The lowest BCUT2D eigenvalue weighted by Gasteiger charge is -2.08. The number of para-hydroxylation sites is 1. The molecule has 4 heteroatoms. The molecule has 2 aromatic carbocycles. The highest BCUT2D eigenvalue weighted by Crippen LogP contribution is 2.26. The lowest BCUT2D eigenvalue weighted by Crippen LogP contribution is -2.11. The largest absolute Gasteiger partial charge is 0.493 e. The highest BCUT2D eigenvalue weighted by molar-refractivity contribution is 9.10. The molecule has 0 aliphatic carbocycles. The summed E-state index contributed by atoms with van der Waals surface area (Å²) in [5.41, 5.74) is 1.36. The minimum absolute atomic E-state index is 0.144. The molecule has 3 nitrogen and oxygen atoms in total. The summed E-state index contributed by atoms with van der Waals surface area (Å²) in [6.07, 6.45) is 0. The molecule has 0 fully saturated rings. The van der Waals surface area contributed by atoms with Gasteiger partial charge in [-0.3, -0.25) is 4.79 Å². The number of hydrogen-bond donors (Lipinski definition) is 1. The highest BCUT2D eigenvalue weighted by Gasteiger charge is 2.09. The van der Waals surface area contributed by atoms with Gasteiger partial charge in [0.1, 0.15) is 5.75 Å². The van der Waals surface area contributed by atoms with Gasteiger partial charge >= 0.3 is 0 Å². The van der Waals surface area contributed by atoms with E-state index < -0.39 is 0 Å². The number of hydrogen-bond acceptors (Lipinski definition) is 2. The monoisotopic (exact) mass is 319 g/mol. The van der Waals surface area contributed by atoms with Gasteiger partial charge in [-0.05, 0) is 53.2 Å². The van der Waals surface area contributed by atoms with Crippen molar-refractivity contribution in [2.24, 2.45) is 0 Å². The molecule has 0 saturated heterocycles. The molecule has 0 aliphatic heterocycles. The van der Waals surface area contributed by atoms with Crippen LogP contribution in [0.2, 0.25) is 0 Å². The Morgan fingerprint density at radius 2 is 1.95 bits per heavy atom. The Morgan fingerprint density at radius 1 is 1.21 bits per heavy atom. The maximum absolute atomic E-state index is 12.1. The quantitative estimate of drug-likeness (QED) is 0.921. The van der Waals surface area contributed by atoms with E-state index in [1.54, 1.807) is 18.2 Å². The second-order valence-electron chi connectivity index (χ2n) is 3.90. The van der Waals surface area contributed by atoms with Crippen LogP contribution in [0.3, 0.4) is 0 Å². The van der Waals surface area contributed by atoms with Crippen molar-refractivity contribution in [3.05, 3.63) is 58.6 Å². The molecule has 0 aromatic heterocycles. The molecule has 0 atom stereocenters. The number of carbonyl (C=O) groups excluding carboxylic acids is 1. The maximum Gasteiger partial charge on any atom is 0.255 e. The third-order valence-electron chi connectivity index (χ3n) is 2.53. The second-order valence-corrected chi connectivity index (χ2v) is 4.75. The van der Waals surface area contributed by atoms with E-state index in [4.69, 9.17) is 4.74 Å². The Bertz CT molecular complexity index is 570. The van der Waals surface area contributed by atoms with Crippen molar-refractivity contribution in [2.45, 2.75) is 6.92 Å². The van der Waals surface area contributed by atoms with Crippen LogP contribution in [0.15, 0.2) is 53.0 Å².